The molecule has 5 rings (SSSR count). The van der Waals surface area contributed by atoms with Gasteiger partial charge in [0.2, 0.25) is 0 Å². The van der Waals surface area contributed by atoms with E-state index < -0.39 is 0 Å². The zero-order valence-electron chi connectivity index (χ0n) is 17.7. The highest BCUT2D eigenvalue weighted by molar-refractivity contribution is 7.12. The van der Waals surface area contributed by atoms with Gasteiger partial charge in [-0.2, -0.15) is 0 Å². The Morgan fingerprint density at radius 3 is 2.72 bits per heavy atom. The van der Waals surface area contributed by atoms with Gasteiger partial charge in [-0.3, -0.25) is 4.79 Å². The van der Waals surface area contributed by atoms with Gasteiger partial charge in [0.15, 0.2) is 0 Å². The molecule has 0 bridgehead atoms. The van der Waals surface area contributed by atoms with E-state index in [0.29, 0.717) is 18.0 Å². The SMILES string of the molecule is CC(NC(=O)c1cccs1)c1nc2ccccc2n1CCOc1cccc2ccccc12. The minimum atomic E-state index is -0.241. The van der Waals surface area contributed by atoms with Crippen LogP contribution in [0.2, 0.25) is 0 Å². The fraction of sp³-hybridized carbons (Fsp3) is 0.154. The number of nitrogens with one attached hydrogen (secondary N) is 1. The summed E-state index contributed by atoms with van der Waals surface area (Å²) in [6.45, 7) is 3.08. The van der Waals surface area contributed by atoms with Crippen LogP contribution in [0.15, 0.2) is 84.2 Å². The molecule has 0 fully saturated rings. The van der Waals surface area contributed by atoms with Crippen molar-refractivity contribution >= 4 is 39.0 Å². The predicted molar refractivity (Wildman–Crippen MR) is 129 cm³/mol. The number of hydrogen-bond donors (Lipinski definition) is 1. The number of fused-ring (bicyclic) bond motifs is 2. The predicted octanol–water partition coefficient (Wildman–Crippen LogP) is 5.82. The monoisotopic (exact) mass is 441 g/mol. The van der Waals surface area contributed by atoms with Crippen LogP contribution >= 0.6 is 11.3 Å². The molecule has 0 aliphatic heterocycles. The molecule has 3 aromatic carbocycles. The van der Waals surface area contributed by atoms with E-state index in [-0.39, 0.29) is 11.9 Å². The molecule has 0 saturated heterocycles. The zero-order valence-corrected chi connectivity index (χ0v) is 18.5. The van der Waals surface area contributed by atoms with Crippen molar-refractivity contribution in [3.05, 3.63) is 94.9 Å². The Labute approximate surface area is 190 Å². The van der Waals surface area contributed by atoms with E-state index in [2.05, 4.69) is 34.1 Å². The smallest absolute Gasteiger partial charge is 0.261 e. The van der Waals surface area contributed by atoms with Gasteiger partial charge in [0.25, 0.3) is 5.91 Å². The first-order valence-corrected chi connectivity index (χ1v) is 11.5. The van der Waals surface area contributed by atoms with E-state index in [4.69, 9.17) is 9.72 Å². The normalized spacial score (nSPS) is 12.2. The molecule has 1 amide bonds. The molecule has 1 N–H and O–H groups in total. The summed E-state index contributed by atoms with van der Waals surface area (Å²) < 4.78 is 8.32. The van der Waals surface area contributed by atoms with Crippen LogP contribution in [0.1, 0.15) is 28.5 Å². The lowest BCUT2D eigenvalue weighted by atomic mass is 10.1. The number of aromatic nitrogens is 2. The van der Waals surface area contributed by atoms with Gasteiger partial charge >= 0.3 is 0 Å². The maximum Gasteiger partial charge on any atom is 0.261 e. The van der Waals surface area contributed by atoms with Crippen LogP contribution in [-0.2, 0) is 6.54 Å². The van der Waals surface area contributed by atoms with Crippen LogP contribution < -0.4 is 10.1 Å². The van der Waals surface area contributed by atoms with Gasteiger partial charge in [0.1, 0.15) is 18.2 Å². The number of thiophene rings is 1. The summed E-state index contributed by atoms with van der Waals surface area (Å²) in [5.41, 5.74) is 1.94. The van der Waals surface area contributed by atoms with Gasteiger partial charge in [0.05, 0.1) is 28.5 Å². The van der Waals surface area contributed by atoms with Crippen molar-refractivity contribution in [3.63, 3.8) is 0 Å². The number of amides is 1. The van der Waals surface area contributed by atoms with Gasteiger partial charge in [-0.1, -0.05) is 54.6 Å². The maximum absolute atomic E-state index is 12.6. The molecule has 0 aliphatic rings. The molecule has 2 heterocycles. The van der Waals surface area contributed by atoms with Crippen LogP contribution in [0, 0.1) is 0 Å². The van der Waals surface area contributed by atoms with E-state index >= 15 is 0 Å². The number of para-hydroxylation sites is 2. The van der Waals surface area contributed by atoms with Crippen molar-refractivity contribution in [2.24, 2.45) is 0 Å². The van der Waals surface area contributed by atoms with Crippen molar-refractivity contribution < 1.29 is 9.53 Å². The molecule has 5 aromatic rings. The highest BCUT2D eigenvalue weighted by atomic mass is 32.1. The van der Waals surface area contributed by atoms with Crippen molar-refractivity contribution in [3.8, 4) is 5.75 Å². The number of rotatable bonds is 7. The first kappa shape index (κ1) is 20.3. The van der Waals surface area contributed by atoms with Gasteiger partial charge in [-0.25, -0.2) is 4.98 Å². The zero-order chi connectivity index (χ0) is 21.9. The molecule has 0 spiro atoms. The molecule has 32 heavy (non-hydrogen) atoms. The first-order valence-electron chi connectivity index (χ1n) is 10.6. The molecule has 0 radical (unpaired) electrons. The third kappa shape index (κ3) is 3.97. The molecular weight excluding hydrogens is 418 g/mol. The third-order valence-corrected chi connectivity index (χ3v) is 6.35. The Kier molecular flexibility index (Phi) is 5.60. The molecule has 160 valence electrons. The number of hydrogen-bond acceptors (Lipinski definition) is 4. The lowest BCUT2D eigenvalue weighted by Gasteiger charge is -2.17. The van der Waals surface area contributed by atoms with E-state index in [9.17, 15) is 4.79 Å². The van der Waals surface area contributed by atoms with E-state index in [1.165, 1.54) is 11.3 Å². The minimum Gasteiger partial charge on any atom is -0.491 e. The van der Waals surface area contributed by atoms with Crippen LogP contribution in [0.3, 0.4) is 0 Å². The maximum atomic E-state index is 12.6. The Hall–Kier alpha value is -3.64. The molecule has 6 heteroatoms. The van der Waals surface area contributed by atoms with Crippen molar-refractivity contribution in [2.45, 2.75) is 19.5 Å². The summed E-state index contributed by atoms with van der Waals surface area (Å²) in [6.07, 6.45) is 0. The largest absolute Gasteiger partial charge is 0.491 e. The quantitative estimate of drug-likeness (QED) is 0.346. The first-order chi connectivity index (χ1) is 15.7. The highest BCUT2D eigenvalue weighted by Gasteiger charge is 2.19. The van der Waals surface area contributed by atoms with Gasteiger partial charge in [0, 0.05) is 5.39 Å². The number of nitrogens with zero attached hydrogens (tertiary/aromatic N) is 2. The summed E-state index contributed by atoms with van der Waals surface area (Å²) >= 11 is 1.43. The second-order valence-electron chi connectivity index (χ2n) is 7.61. The lowest BCUT2D eigenvalue weighted by Crippen LogP contribution is -2.28. The van der Waals surface area contributed by atoms with Gasteiger partial charge in [-0.05, 0) is 42.0 Å². The topological polar surface area (TPSA) is 56.2 Å². The van der Waals surface area contributed by atoms with Crippen LogP contribution in [0.5, 0.6) is 5.75 Å². The second kappa shape index (κ2) is 8.85. The van der Waals surface area contributed by atoms with E-state index in [1.54, 1.807) is 0 Å². The van der Waals surface area contributed by atoms with Crippen molar-refractivity contribution in [2.75, 3.05) is 6.61 Å². The molecular formula is C26H23N3O2S. The molecule has 2 aromatic heterocycles. The number of benzene rings is 3. The van der Waals surface area contributed by atoms with Crippen LogP contribution in [-0.4, -0.2) is 22.1 Å². The third-order valence-electron chi connectivity index (χ3n) is 5.49. The summed E-state index contributed by atoms with van der Waals surface area (Å²) in [5, 5.41) is 7.24. The van der Waals surface area contributed by atoms with Crippen LogP contribution in [0.25, 0.3) is 21.8 Å². The Bertz CT molecular complexity index is 1370. The van der Waals surface area contributed by atoms with Crippen molar-refractivity contribution in [1.82, 2.24) is 14.9 Å². The summed E-state index contributed by atoms with van der Waals surface area (Å²) in [7, 11) is 0. The Morgan fingerprint density at radius 1 is 1.03 bits per heavy atom. The fourth-order valence-corrected chi connectivity index (χ4v) is 4.60. The van der Waals surface area contributed by atoms with Crippen LogP contribution in [0.4, 0.5) is 0 Å². The lowest BCUT2D eigenvalue weighted by molar-refractivity contribution is 0.0941. The number of imidazole rings is 1. The summed E-state index contributed by atoms with van der Waals surface area (Å²) in [6, 6.07) is 25.8. The van der Waals surface area contributed by atoms with Gasteiger partial charge in [-0.15, -0.1) is 11.3 Å². The van der Waals surface area contributed by atoms with E-state index in [0.717, 1.165) is 33.4 Å². The standard InChI is InChI=1S/C26H23N3O2S/c1-18(27-26(30)24-14-7-17-32-24)25-28-21-11-4-5-12-22(21)29(25)15-16-31-23-13-6-9-19-8-2-3-10-20(19)23/h2-14,17-18H,15-16H2,1H3,(H,27,30). The molecule has 1 unspecified atom stereocenters. The highest BCUT2D eigenvalue weighted by Crippen LogP contribution is 2.26. The number of carbonyl (C=O) groups excluding carboxylic acids is 1. The Morgan fingerprint density at radius 2 is 1.84 bits per heavy atom. The molecule has 5 nitrogen and oxygen atoms in total. The summed E-state index contributed by atoms with van der Waals surface area (Å²) in [4.78, 5) is 18.1. The van der Waals surface area contributed by atoms with E-state index in [1.807, 2.05) is 66.9 Å². The van der Waals surface area contributed by atoms with Crippen molar-refractivity contribution in [1.29, 1.82) is 0 Å². The molecule has 0 aliphatic carbocycles. The average Bonchev–Trinajstić information content (AvgIpc) is 3.48. The molecule has 1 atom stereocenters. The Balaban J connectivity index is 1.38. The molecule has 0 saturated carbocycles. The number of ether oxygens (including phenoxy) is 1. The van der Waals surface area contributed by atoms with Gasteiger partial charge < -0.3 is 14.6 Å². The average molecular weight is 442 g/mol. The second-order valence-corrected chi connectivity index (χ2v) is 8.56. The minimum absolute atomic E-state index is 0.0851. The number of carbonyl (C=O) groups is 1. The summed E-state index contributed by atoms with van der Waals surface area (Å²) in [5.74, 6) is 1.60. The fourth-order valence-electron chi connectivity index (χ4n) is 3.97.